The van der Waals surface area contributed by atoms with Gasteiger partial charge in [-0.2, -0.15) is 0 Å². The molecule has 0 radical (unpaired) electrons. The minimum Gasteiger partial charge on any atom is -0.493 e. The first-order chi connectivity index (χ1) is 11.7. The second kappa shape index (κ2) is 5.98. The van der Waals surface area contributed by atoms with Gasteiger partial charge in [0.2, 0.25) is 0 Å². The van der Waals surface area contributed by atoms with E-state index in [2.05, 4.69) is 40.5 Å². The van der Waals surface area contributed by atoms with Crippen LogP contribution >= 0.6 is 11.3 Å². The van der Waals surface area contributed by atoms with Gasteiger partial charge < -0.3 is 15.0 Å². The number of nitrogens with zero attached hydrogens (tertiary/aromatic N) is 2. The van der Waals surface area contributed by atoms with E-state index in [1.54, 1.807) is 11.3 Å². The zero-order valence-electron chi connectivity index (χ0n) is 13.8. The molecule has 2 heterocycles. The molecule has 1 aliphatic carbocycles. The van der Waals surface area contributed by atoms with Gasteiger partial charge in [-0.15, -0.1) is 11.3 Å². The third kappa shape index (κ3) is 2.80. The molecule has 124 valence electrons. The van der Waals surface area contributed by atoms with Gasteiger partial charge in [0.25, 0.3) is 0 Å². The van der Waals surface area contributed by atoms with Crippen LogP contribution in [0.15, 0.2) is 37.2 Å². The van der Waals surface area contributed by atoms with Gasteiger partial charge in [0.05, 0.1) is 22.7 Å². The van der Waals surface area contributed by atoms with Crippen molar-refractivity contribution in [3.63, 3.8) is 0 Å². The molecule has 5 heteroatoms. The lowest BCUT2D eigenvalue weighted by molar-refractivity contribution is 0.300. The third-order valence-corrected chi connectivity index (χ3v) is 5.50. The summed E-state index contributed by atoms with van der Waals surface area (Å²) in [6.45, 7) is 7.59. The fourth-order valence-corrected chi connectivity index (χ4v) is 3.81. The van der Waals surface area contributed by atoms with Crippen LogP contribution in [0, 0.1) is 5.92 Å². The molecule has 2 N–H and O–H groups in total. The molecule has 4 nitrogen and oxygen atoms in total. The topological polar surface area (TPSA) is 53.1 Å². The van der Waals surface area contributed by atoms with Gasteiger partial charge in [-0.25, -0.2) is 4.98 Å². The number of thiazole rings is 1. The number of ether oxygens (including phenoxy) is 1. The number of nitrogen functional groups attached to an aromatic ring is 1. The van der Waals surface area contributed by atoms with Crippen LogP contribution in [0.3, 0.4) is 0 Å². The predicted octanol–water partition coefficient (Wildman–Crippen LogP) is 4.76. The Hall–Kier alpha value is -2.27. The first-order valence-electron chi connectivity index (χ1n) is 8.32. The van der Waals surface area contributed by atoms with Crippen molar-refractivity contribution in [1.29, 1.82) is 0 Å². The molecule has 0 unspecified atom stereocenters. The smallest absolute Gasteiger partial charge is 0.130 e. The maximum absolute atomic E-state index is 6.24. The molecule has 1 fully saturated rings. The molecular formula is C19H21N3OS. The summed E-state index contributed by atoms with van der Waals surface area (Å²) in [5.41, 5.74) is 9.37. The van der Waals surface area contributed by atoms with Crippen LogP contribution < -0.4 is 5.73 Å². The van der Waals surface area contributed by atoms with Crippen molar-refractivity contribution in [3.8, 4) is 10.6 Å². The molecule has 0 spiro atoms. The van der Waals surface area contributed by atoms with Gasteiger partial charge in [0.1, 0.15) is 10.8 Å². The van der Waals surface area contributed by atoms with Crippen molar-refractivity contribution in [2.24, 2.45) is 5.92 Å². The first kappa shape index (κ1) is 15.3. The number of hydrogen-bond acceptors (Lipinski definition) is 4. The van der Waals surface area contributed by atoms with Crippen LogP contribution in [0.25, 0.3) is 27.2 Å². The number of rotatable bonds is 6. The highest BCUT2D eigenvalue weighted by atomic mass is 32.1. The zero-order valence-corrected chi connectivity index (χ0v) is 14.6. The number of hydrogen-bond donors (Lipinski definition) is 1. The summed E-state index contributed by atoms with van der Waals surface area (Å²) in [6.07, 6.45) is 6.56. The lowest BCUT2D eigenvalue weighted by Gasteiger charge is -2.04. The van der Waals surface area contributed by atoms with E-state index in [0.717, 1.165) is 39.0 Å². The fourth-order valence-electron chi connectivity index (χ4n) is 2.97. The number of benzene rings is 1. The zero-order chi connectivity index (χ0) is 16.7. The molecule has 0 aliphatic heterocycles. The molecule has 0 saturated heterocycles. The van der Waals surface area contributed by atoms with E-state index in [1.807, 2.05) is 13.1 Å². The van der Waals surface area contributed by atoms with E-state index < -0.39 is 0 Å². The summed E-state index contributed by atoms with van der Waals surface area (Å²) >= 11 is 1.59. The lowest BCUT2D eigenvalue weighted by Crippen LogP contribution is -1.97. The second-order valence-corrected chi connectivity index (χ2v) is 7.33. The number of anilines is 1. The van der Waals surface area contributed by atoms with Crippen molar-refractivity contribution >= 4 is 33.7 Å². The summed E-state index contributed by atoms with van der Waals surface area (Å²) in [6, 6.07) is 6.42. The van der Waals surface area contributed by atoms with Crippen molar-refractivity contribution in [2.75, 3.05) is 12.3 Å². The SMILES string of the molecule is C=C(OCC)c1cnc(-c2ccc3c(c2)c(N)cn3CC2CC2)s1. The maximum atomic E-state index is 6.24. The monoisotopic (exact) mass is 339 g/mol. The normalized spacial score (nSPS) is 14.2. The van der Waals surface area contributed by atoms with Crippen LogP contribution in [-0.4, -0.2) is 16.2 Å². The molecule has 0 bridgehead atoms. The molecule has 0 amide bonds. The molecular weight excluding hydrogens is 318 g/mol. The van der Waals surface area contributed by atoms with Crippen LogP contribution in [0.2, 0.25) is 0 Å². The highest BCUT2D eigenvalue weighted by Gasteiger charge is 2.22. The van der Waals surface area contributed by atoms with E-state index in [4.69, 9.17) is 10.5 Å². The Labute approximate surface area is 145 Å². The Morgan fingerprint density at radius 1 is 1.46 bits per heavy atom. The summed E-state index contributed by atoms with van der Waals surface area (Å²) < 4.78 is 7.75. The van der Waals surface area contributed by atoms with Crippen LogP contribution in [0.1, 0.15) is 24.6 Å². The Morgan fingerprint density at radius 2 is 2.29 bits per heavy atom. The number of nitrogens with two attached hydrogens (primary N) is 1. The van der Waals surface area contributed by atoms with E-state index in [0.29, 0.717) is 12.4 Å². The van der Waals surface area contributed by atoms with Gasteiger partial charge in [0.15, 0.2) is 0 Å². The summed E-state index contributed by atoms with van der Waals surface area (Å²) in [5.74, 6) is 1.50. The molecule has 1 saturated carbocycles. The predicted molar refractivity (Wildman–Crippen MR) is 101 cm³/mol. The largest absolute Gasteiger partial charge is 0.493 e. The standard InChI is InChI=1S/C19H21N3OS/c1-3-23-12(2)18-9-21-19(24-18)14-6-7-17-15(8-14)16(20)11-22(17)10-13-4-5-13/h6-9,11,13H,2-5,10,20H2,1H3. The van der Waals surface area contributed by atoms with Gasteiger partial charge >= 0.3 is 0 Å². The van der Waals surface area contributed by atoms with Crippen molar-refractivity contribution in [3.05, 3.63) is 42.0 Å². The molecule has 24 heavy (non-hydrogen) atoms. The Bertz CT molecular complexity index is 905. The third-order valence-electron chi connectivity index (χ3n) is 4.41. The van der Waals surface area contributed by atoms with Crippen LogP contribution in [0.5, 0.6) is 0 Å². The van der Waals surface area contributed by atoms with Crippen molar-refractivity contribution < 1.29 is 4.74 Å². The molecule has 1 aliphatic rings. The maximum Gasteiger partial charge on any atom is 0.130 e. The van der Waals surface area contributed by atoms with Gasteiger partial charge in [-0.1, -0.05) is 6.58 Å². The molecule has 2 aromatic heterocycles. The van der Waals surface area contributed by atoms with E-state index >= 15 is 0 Å². The summed E-state index contributed by atoms with van der Waals surface area (Å²) in [4.78, 5) is 5.49. The fraction of sp³-hybridized carbons (Fsp3) is 0.316. The molecule has 4 rings (SSSR count). The minimum atomic E-state index is 0.614. The van der Waals surface area contributed by atoms with Gasteiger partial charge in [-0.05, 0) is 43.9 Å². The van der Waals surface area contributed by atoms with Crippen molar-refractivity contribution in [2.45, 2.75) is 26.3 Å². The second-order valence-electron chi connectivity index (χ2n) is 6.30. The van der Waals surface area contributed by atoms with Gasteiger partial charge in [0, 0.05) is 29.9 Å². The Morgan fingerprint density at radius 3 is 3.04 bits per heavy atom. The highest BCUT2D eigenvalue weighted by molar-refractivity contribution is 7.16. The summed E-state index contributed by atoms with van der Waals surface area (Å²) in [5, 5.41) is 2.07. The van der Waals surface area contributed by atoms with E-state index in [-0.39, 0.29) is 0 Å². The number of aromatic nitrogens is 2. The highest BCUT2D eigenvalue weighted by Crippen LogP contribution is 2.36. The molecule has 0 atom stereocenters. The average molecular weight is 339 g/mol. The Balaban J connectivity index is 1.67. The molecule has 1 aromatic carbocycles. The quantitative estimate of drug-likeness (QED) is 0.659. The lowest BCUT2D eigenvalue weighted by atomic mass is 10.1. The minimum absolute atomic E-state index is 0.614. The van der Waals surface area contributed by atoms with Gasteiger partial charge in [-0.3, -0.25) is 0 Å². The summed E-state index contributed by atoms with van der Waals surface area (Å²) in [7, 11) is 0. The molecule has 3 aromatic rings. The van der Waals surface area contributed by atoms with E-state index in [9.17, 15) is 0 Å². The first-order valence-corrected chi connectivity index (χ1v) is 9.14. The average Bonchev–Trinajstić information content (AvgIpc) is 3.15. The van der Waals surface area contributed by atoms with E-state index in [1.165, 1.54) is 18.4 Å². The van der Waals surface area contributed by atoms with Crippen molar-refractivity contribution in [1.82, 2.24) is 9.55 Å². The van der Waals surface area contributed by atoms with Crippen LogP contribution in [-0.2, 0) is 11.3 Å². The van der Waals surface area contributed by atoms with Crippen LogP contribution in [0.4, 0.5) is 5.69 Å². The Kier molecular flexibility index (Phi) is 3.81. The number of fused-ring (bicyclic) bond motifs is 1.